The number of nitrogens with zero attached hydrogens (tertiary/aromatic N) is 1. The normalized spacial score (nSPS) is 20.7. The fourth-order valence-electron chi connectivity index (χ4n) is 1.54. The Kier molecular flexibility index (Phi) is 4.29. The van der Waals surface area contributed by atoms with Gasteiger partial charge in [0.1, 0.15) is 0 Å². The molecule has 1 heteroatoms. The maximum Gasteiger partial charge on any atom is 0.0475 e. The first kappa shape index (κ1) is 11.7. The zero-order valence-corrected chi connectivity index (χ0v) is 9.61. The van der Waals surface area contributed by atoms with Crippen LogP contribution in [0.5, 0.6) is 0 Å². The molecule has 0 N–H and O–H groups in total. The third kappa shape index (κ3) is 3.35. The van der Waals surface area contributed by atoms with Gasteiger partial charge in [-0.3, -0.25) is 4.99 Å². The third-order valence-electron chi connectivity index (χ3n) is 2.65. The Hall–Kier alpha value is -1.37. The van der Waals surface area contributed by atoms with E-state index in [4.69, 9.17) is 0 Å². The molecule has 1 rings (SSSR count). The highest BCUT2D eigenvalue weighted by molar-refractivity contribution is 6.03. The van der Waals surface area contributed by atoms with E-state index >= 15 is 0 Å². The lowest BCUT2D eigenvalue weighted by Gasteiger charge is -2.20. The van der Waals surface area contributed by atoms with E-state index in [1.165, 1.54) is 0 Å². The quantitative estimate of drug-likeness (QED) is 0.611. The van der Waals surface area contributed by atoms with Crippen LogP contribution in [0.25, 0.3) is 0 Å². The summed E-state index contributed by atoms with van der Waals surface area (Å²) >= 11 is 0. The molecule has 0 saturated carbocycles. The van der Waals surface area contributed by atoms with Gasteiger partial charge < -0.3 is 0 Å². The summed E-state index contributed by atoms with van der Waals surface area (Å²) in [7, 11) is 0. The molecule has 0 aliphatic carbocycles. The molecule has 1 aliphatic rings. The zero-order valence-electron chi connectivity index (χ0n) is 9.61. The third-order valence-corrected chi connectivity index (χ3v) is 2.65. The van der Waals surface area contributed by atoms with Gasteiger partial charge in [0.2, 0.25) is 0 Å². The lowest BCUT2D eigenvalue weighted by Crippen LogP contribution is -2.15. The van der Waals surface area contributed by atoms with Crippen molar-refractivity contribution in [2.45, 2.75) is 20.3 Å². The number of rotatable bonds is 4. The van der Waals surface area contributed by atoms with E-state index in [2.05, 4.69) is 38.1 Å². The van der Waals surface area contributed by atoms with Crippen molar-refractivity contribution in [3.63, 3.8) is 0 Å². The minimum Gasteiger partial charge on any atom is -0.261 e. The van der Waals surface area contributed by atoms with E-state index in [-0.39, 0.29) is 0 Å². The Labute approximate surface area is 92.6 Å². The van der Waals surface area contributed by atoms with Gasteiger partial charge in [0, 0.05) is 11.9 Å². The Morgan fingerprint density at radius 2 is 2.33 bits per heavy atom. The smallest absolute Gasteiger partial charge is 0.0475 e. The molecule has 0 aromatic rings. The fourth-order valence-corrected chi connectivity index (χ4v) is 1.54. The van der Waals surface area contributed by atoms with Gasteiger partial charge >= 0.3 is 0 Å². The van der Waals surface area contributed by atoms with Gasteiger partial charge in [0.25, 0.3) is 0 Å². The van der Waals surface area contributed by atoms with Crippen molar-refractivity contribution in [2.24, 2.45) is 16.8 Å². The summed E-state index contributed by atoms with van der Waals surface area (Å²) in [5.41, 5.74) is 2.08. The molecule has 1 nitrogen and oxygen atoms in total. The molecule has 0 bridgehead atoms. The van der Waals surface area contributed by atoms with Crippen LogP contribution >= 0.6 is 0 Å². The van der Waals surface area contributed by atoms with Crippen molar-refractivity contribution in [1.29, 1.82) is 0 Å². The van der Waals surface area contributed by atoms with Gasteiger partial charge in [0.05, 0.1) is 0 Å². The summed E-state index contributed by atoms with van der Waals surface area (Å²) in [5.74, 6) is 1.24. The number of allylic oxidation sites excluding steroid dienone is 5. The summed E-state index contributed by atoms with van der Waals surface area (Å²) < 4.78 is 0. The highest BCUT2D eigenvalue weighted by atomic mass is 14.7. The number of hydrogen-bond acceptors (Lipinski definition) is 1. The Balaban J connectivity index is 2.68. The molecule has 0 radical (unpaired) electrons. The van der Waals surface area contributed by atoms with Gasteiger partial charge in [-0.1, -0.05) is 51.3 Å². The van der Waals surface area contributed by atoms with E-state index in [0.717, 1.165) is 17.7 Å². The van der Waals surface area contributed by atoms with Gasteiger partial charge in [-0.15, -0.1) is 0 Å². The minimum atomic E-state index is 0.589. The zero-order chi connectivity index (χ0) is 11.3. The molecule has 0 saturated heterocycles. The van der Waals surface area contributed by atoms with Gasteiger partial charge in [0.15, 0.2) is 0 Å². The second kappa shape index (κ2) is 5.50. The molecule has 1 heterocycles. The van der Waals surface area contributed by atoms with Crippen LogP contribution in [0.15, 0.2) is 54.2 Å². The van der Waals surface area contributed by atoms with Crippen LogP contribution in [0.1, 0.15) is 20.3 Å². The van der Waals surface area contributed by atoms with E-state index in [1.54, 1.807) is 6.08 Å². The van der Waals surface area contributed by atoms with Crippen molar-refractivity contribution in [3.05, 3.63) is 49.2 Å². The van der Waals surface area contributed by atoms with Crippen molar-refractivity contribution in [3.8, 4) is 0 Å². The van der Waals surface area contributed by atoms with Crippen LogP contribution in [0, 0.1) is 11.8 Å². The van der Waals surface area contributed by atoms with Crippen LogP contribution in [0.2, 0.25) is 0 Å². The maximum absolute atomic E-state index is 4.37. The lowest BCUT2D eigenvalue weighted by molar-refractivity contribution is 0.476. The summed E-state index contributed by atoms with van der Waals surface area (Å²) in [6.07, 6.45) is 10.7. The second-order valence-electron chi connectivity index (χ2n) is 4.15. The maximum atomic E-state index is 4.37. The van der Waals surface area contributed by atoms with Crippen molar-refractivity contribution in [1.82, 2.24) is 0 Å². The lowest BCUT2D eigenvalue weighted by atomic mass is 9.87. The molecule has 1 unspecified atom stereocenters. The predicted molar refractivity (Wildman–Crippen MR) is 68.0 cm³/mol. The molecule has 0 spiro atoms. The van der Waals surface area contributed by atoms with Gasteiger partial charge in [-0.25, -0.2) is 0 Å². The molecule has 80 valence electrons. The number of aliphatic imine (C=N–C) groups is 1. The molecule has 0 aromatic heterocycles. The highest BCUT2D eigenvalue weighted by Crippen LogP contribution is 2.23. The average molecular weight is 201 g/mol. The Morgan fingerprint density at radius 1 is 1.60 bits per heavy atom. The van der Waals surface area contributed by atoms with Crippen LogP contribution in [-0.4, -0.2) is 5.71 Å². The fraction of sp³-hybridized carbons (Fsp3) is 0.357. The first-order valence-electron chi connectivity index (χ1n) is 5.37. The SMILES string of the molecule is C=CC=CC(=C)C1=NC=CC(C(C)C)C1. The predicted octanol–water partition coefficient (Wildman–Crippen LogP) is 3.92. The molecule has 0 aromatic carbocycles. The first-order valence-corrected chi connectivity index (χ1v) is 5.37. The standard InChI is InChI=1S/C14H19N/c1-5-6-7-12(4)14-10-13(11(2)3)8-9-15-14/h5-9,11,13H,1,4,10H2,2-3H3. The van der Waals surface area contributed by atoms with E-state index in [9.17, 15) is 0 Å². The largest absolute Gasteiger partial charge is 0.261 e. The van der Waals surface area contributed by atoms with Crippen molar-refractivity contribution < 1.29 is 0 Å². The van der Waals surface area contributed by atoms with Crippen LogP contribution in [0.4, 0.5) is 0 Å². The monoisotopic (exact) mass is 201 g/mol. The summed E-state index contributed by atoms with van der Waals surface area (Å²) in [5, 5.41) is 0. The molecule has 0 fully saturated rings. The van der Waals surface area contributed by atoms with Crippen molar-refractivity contribution >= 4 is 5.71 Å². The molecular weight excluding hydrogens is 182 g/mol. The molecule has 15 heavy (non-hydrogen) atoms. The minimum absolute atomic E-state index is 0.589. The summed E-state index contributed by atoms with van der Waals surface area (Å²) in [6.45, 7) is 12.1. The van der Waals surface area contributed by atoms with Crippen molar-refractivity contribution in [2.75, 3.05) is 0 Å². The summed E-state index contributed by atoms with van der Waals surface area (Å²) in [6, 6.07) is 0. The van der Waals surface area contributed by atoms with Crippen LogP contribution in [-0.2, 0) is 0 Å². The second-order valence-corrected chi connectivity index (χ2v) is 4.15. The molecular formula is C14H19N. The topological polar surface area (TPSA) is 12.4 Å². The molecule has 1 atom stereocenters. The average Bonchev–Trinajstić information content (AvgIpc) is 2.26. The molecule has 0 amide bonds. The van der Waals surface area contributed by atoms with E-state index in [0.29, 0.717) is 11.8 Å². The highest BCUT2D eigenvalue weighted by Gasteiger charge is 2.16. The van der Waals surface area contributed by atoms with Crippen LogP contribution in [0.3, 0.4) is 0 Å². The first-order chi connectivity index (χ1) is 7.15. The van der Waals surface area contributed by atoms with E-state index in [1.807, 2.05) is 18.4 Å². The van der Waals surface area contributed by atoms with E-state index < -0.39 is 0 Å². The summed E-state index contributed by atoms with van der Waals surface area (Å²) in [4.78, 5) is 4.37. The molecule has 1 aliphatic heterocycles. The van der Waals surface area contributed by atoms with Crippen LogP contribution < -0.4 is 0 Å². The number of hydrogen-bond donors (Lipinski definition) is 0. The Bertz CT molecular complexity index is 329. The van der Waals surface area contributed by atoms with Gasteiger partial charge in [-0.05, 0) is 23.8 Å². The van der Waals surface area contributed by atoms with Gasteiger partial charge in [-0.2, -0.15) is 0 Å². The Morgan fingerprint density at radius 3 is 2.93 bits per heavy atom.